The van der Waals surface area contributed by atoms with E-state index in [1.54, 1.807) is 0 Å². The molecule has 0 fully saturated rings. The molecule has 0 N–H and O–H groups in total. The predicted molar refractivity (Wildman–Crippen MR) is 83.9 cm³/mol. The van der Waals surface area contributed by atoms with Crippen LogP contribution >= 0.6 is 0 Å². The lowest BCUT2D eigenvalue weighted by Gasteiger charge is -2.20. The summed E-state index contributed by atoms with van der Waals surface area (Å²) in [4.78, 5) is 0. The van der Waals surface area contributed by atoms with Crippen LogP contribution in [0.3, 0.4) is 0 Å². The van der Waals surface area contributed by atoms with Crippen LogP contribution in [0.15, 0.2) is 72.8 Å². The van der Waals surface area contributed by atoms with Crippen LogP contribution in [0.5, 0.6) is 0 Å². The van der Waals surface area contributed by atoms with Gasteiger partial charge in [-0.1, -0.05) is 72.8 Å². The summed E-state index contributed by atoms with van der Waals surface area (Å²) in [5.74, 6) is 0. The van der Waals surface area contributed by atoms with Gasteiger partial charge in [-0.05, 0) is 46.2 Å². The highest BCUT2D eigenvalue weighted by atomic mass is 14.2. The Hall–Kier alpha value is -2.34. The fourth-order valence-corrected chi connectivity index (χ4v) is 3.19. The molecule has 3 aromatic rings. The Morgan fingerprint density at radius 2 is 0.750 bits per heavy atom. The number of benzene rings is 3. The SMILES string of the molecule is c1ccc2c(c1)Cc1ccccc1-c1ccccc1C2. The molecule has 0 spiro atoms. The molecule has 0 saturated heterocycles. The molecule has 20 heavy (non-hydrogen) atoms. The summed E-state index contributed by atoms with van der Waals surface area (Å²) in [6, 6.07) is 26.4. The zero-order valence-corrected chi connectivity index (χ0v) is 11.3. The van der Waals surface area contributed by atoms with Gasteiger partial charge in [0.25, 0.3) is 0 Å². The van der Waals surface area contributed by atoms with E-state index in [0.717, 1.165) is 12.8 Å². The third-order valence-electron chi connectivity index (χ3n) is 4.21. The maximum atomic E-state index is 2.26. The third-order valence-corrected chi connectivity index (χ3v) is 4.21. The zero-order chi connectivity index (χ0) is 13.4. The Kier molecular flexibility index (Phi) is 2.67. The largest absolute Gasteiger partial charge is 0.0620 e. The van der Waals surface area contributed by atoms with Gasteiger partial charge in [0.05, 0.1) is 0 Å². The monoisotopic (exact) mass is 256 g/mol. The van der Waals surface area contributed by atoms with E-state index >= 15 is 0 Å². The second-order valence-corrected chi connectivity index (χ2v) is 5.44. The topological polar surface area (TPSA) is 0 Å². The minimum absolute atomic E-state index is 1.03. The summed E-state index contributed by atoms with van der Waals surface area (Å²) in [6.45, 7) is 0. The van der Waals surface area contributed by atoms with Gasteiger partial charge in [0.1, 0.15) is 0 Å². The van der Waals surface area contributed by atoms with Crippen molar-refractivity contribution in [1.29, 1.82) is 0 Å². The molecule has 1 aliphatic carbocycles. The number of hydrogen-bond acceptors (Lipinski definition) is 0. The average molecular weight is 256 g/mol. The van der Waals surface area contributed by atoms with Crippen molar-refractivity contribution in [3.8, 4) is 11.1 Å². The normalized spacial score (nSPS) is 12.6. The molecule has 0 aliphatic heterocycles. The van der Waals surface area contributed by atoms with Gasteiger partial charge in [0.15, 0.2) is 0 Å². The molecular weight excluding hydrogens is 240 g/mol. The summed E-state index contributed by atoms with van der Waals surface area (Å²) in [5, 5.41) is 0. The van der Waals surface area contributed by atoms with E-state index in [1.807, 2.05) is 0 Å². The highest BCUT2D eigenvalue weighted by molar-refractivity contribution is 5.72. The minimum atomic E-state index is 1.03. The molecule has 0 bridgehead atoms. The van der Waals surface area contributed by atoms with Crippen LogP contribution in [-0.2, 0) is 12.8 Å². The Morgan fingerprint density at radius 1 is 0.400 bits per heavy atom. The fourth-order valence-electron chi connectivity index (χ4n) is 3.19. The second-order valence-electron chi connectivity index (χ2n) is 5.44. The first-order chi connectivity index (χ1) is 9.92. The summed E-state index contributed by atoms with van der Waals surface area (Å²) in [5.41, 5.74) is 8.53. The van der Waals surface area contributed by atoms with Crippen molar-refractivity contribution in [2.75, 3.05) is 0 Å². The Bertz CT molecular complexity index is 702. The molecule has 3 aromatic carbocycles. The molecular formula is C20H16. The van der Waals surface area contributed by atoms with Gasteiger partial charge >= 0.3 is 0 Å². The molecule has 0 atom stereocenters. The van der Waals surface area contributed by atoms with Crippen LogP contribution in [0.2, 0.25) is 0 Å². The lowest BCUT2D eigenvalue weighted by Crippen LogP contribution is -2.03. The zero-order valence-electron chi connectivity index (χ0n) is 11.3. The van der Waals surface area contributed by atoms with Crippen molar-refractivity contribution < 1.29 is 0 Å². The maximum Gasteiger partial charge on any atom is -0.00168 e. The summed E-state index contributed by atoms with van der Waals surface area (Å²) in [6.07, 6.45) is 2.06. The molecule has 0 radical (unpaired) electrons. The van der Waals surface area contributed by atoms with Gasteiger partial charge in [-0.25, -0.2) is 0 Å². The van der Waals surface area contributed by atoms with Crippen molar-refractivity contribution in [1.82, 2.24) is 0 Å². The molecule has 96 valence electrons. The van der Waals surface area contributed by atoms with Crippen molar-refractivity contribution in [2.45, 2.75) is 12.8 Å². The molecule has 0 nitrogen and oxygen atoms in total. The Morgan fingerprint density at radius 3 is 1.20 bits per heavy atom. The van der Waals surface area contributed by atoms with Crippen molar-refractivity contribution >= 4 is 0 Å². The van der Waals surface area contributed by atoms with E-state index in [2.05, 4.69) is 72.8 Å². The molecule has 0 saturated carbocycles. The summed E-state index contributed by atoms with van der Waals surface area (Å²) >= 11 is 0. The predicted octanol–water partition coefficient (Wildman–Crippen LogP) is 4.85. The van der Waals surface area contributed by atoms with Gasteiger partial charge < -0.3 is 0 Å². The van der Waals surface area contributed by atoms with Crippen LogP contribution in [0, 0.1) is 0 Å². The highest BCUT2D eigenvalue weighted by Gasteiger charge is 2.15. The Balaban J connectivity index is 2.02. The highest BCUT2D eigenvalue weighted by Crippen LogP contribution is 2.33. The van der Waals surface area contributed by atoms with E-state index in [9.17, 15) is 0 Å². The first-order valence-corrected chi connectivity index (χ1v) is 7.15. The molecule has 0 heteroatoms. The molecule has 1 aliphatic rings. The standard InChI is InChI=1S/C20H16/c1-2-8-16-14-18-10-4-6-12-20(18)19-11-5-3-9-17(19)13-15(16)7-1/h1-12H,13-14H2. The van der Waals surface area contributed by atoms with Crippen LogP contribution in [-0.4, -0.2) is 0 Å². The lowest BCUT2D eigenvalue weighted by molar-refractivity contribution is 1.07. The van der Waals surface area contributed by atoms with Crippen molar-refractivity contribution in [3.63, 3.8) is 0 Å². The molecule has 0 amide bonds. The molecule has 0 aromatic heterocycles. The quantitative estimate of drug-likeness (QED) is 0.422. The first kappa shape index (κ1) is 11.5. The second kappa shape index (κ2) is 4.64. The van der Waals surface area contributed by atoms with Gasteiger partial charge in [0.2, 0.25) is 0 Å². The van der Waals surface area contributed by atoms with Crippen LogP contribution in [0.1, 0.15) is 22.3 Å². The molecule has 0 heterocycles. The average Bonchev–Trinajstić information content (AvgIpc) is 2.48. The van der Waals surface area contributed by atoms with Gasteiger partial charge in [-0.2, -0.15) is 0 Å². The smallest absolute Gasteiger partial charge is 0.00168 e. The number of rotatable bonds is 0. The van der Waals surface area contributed by atoms with Crippen molar-refractivity contribution in [3.05, 3.63) is 95.1 Å². The van der Waals surface area contributed by atoms with Crippen LogP contribution < -0.4 is 0 Å². The van der Waals surface area contributed by atoms with Gasteiger partial charge in [-0.15, -0.1) is 0 Å². The maximum absolute atomic E-state index is 2.26. The molecule has 0 unspecified atom stereocenters. The third kappa shape index (κ3) is 1.85. The number of hydrogen-bond donors (Lipinski definition) is 0. The molecule has 4 rings (SSSR count). The number of fused-ring (bicyclic) bond motifs is 4. The Labute approximate surface area is 119 Å². The van der Waals surface area contributed by atoms with E-state index in [1.165, 1.54) is 33.4 Å². The van der Waals surface area contributed by atoms with E-state index in [4.69, 9.17) is 0 Å². The van der Waals surface area contributed by atoms with E-state index in [-0.39, 0.29) is 0 Å². The van der Waals surface area contributed by atoms with Crippen LogP contribution in [0.25, 0.3) is 11.1 Å². The van der Waals surface area contributed by atoms with Crippen molar-refractivity contribution in [2.24, 2.45) is 0 Å². The summed E-state index contributed by atoms with van der Waals surface area (Å²) in [7, 11) is 0. The van der Waals surface area contributed by atoms with Gasteiger partial charge in [0, 0.05) is 0 Å². The first-order valence-electron chi connectivity index (χ1n) is 7.15. The summed E-state index contributed by atoms with van der Waals surface area (Å²) < 4.78 is 0. The van der Waals surface area contributed by atoms with E-state index in [0.29, 0.717) is 0 Å². The van der Waals surface area contributed by atoms with Crippen LogP contribution in [0.4, 0.5) is 0 Å². The fraction of sp³-hybridized carbons (Fsp3) is 0.100. The minimum Gasteiger partial charge on any atom is -0.0620 e. The van der Waals surface area contributed by atoms with E-state index < -0.39 is 0 Å². The lowest BCUT2D eigenvalue weighted by atomic mass is 9.85. The van der Waals surface area contributed by atoms with Gasteiger partial charge in [-0.3, -0.25) is 0 Å².